The first-order chi connectivity index (χ1) is 9.61. The van der Waals surface area contributed by atoms with Gasteiger partial charge in [0.15, 0.2) is 0 Å². The van der Waals surface area contributed by atoms with Crippen LogP contribution in [-0.4, -0.2) is 41.7 Å². The van der Waals surface area contributed by atoms with Crippen molar-refractivity contribution in [2.75, 3.05) is 24.5 Å². The number of nitrogens with one attached hydrogen (secondary N) is 1. The number of aromatic nitrogens is 1. The van der Waals surface area contributed by atoms with Gasteiger partial charge in [-0.25, -0.2) is 4.98 Å². The third kappa shape index (κ3) is 3.28. The van der Waals surface area contributed by atoms with Crippen LogP contribution < -0.4 is 10.2 Å². The Kier molecular flexibility index (Phi) is 4.59. The smallest absolute Gasteiger partial charge is 0.253 e. The molecule has 5 heteroatoms. The van der Waals surface area contributed by atoms with Crippen molar-refractivity contribution in [1.82, 2.24) is 10.3 Å². The summed E-state index contributed by atoms with van der Waals surface area (Å²) < 4.78 is 0. The number of hydrogen-bond acceptors (Lipinski definition) is 4. The van der Waals surface area contributed by atoms with Gasteiger partial charge >= 0.3 is 0 Å². The van der Waals surface area contributed by atoms with Crippen molar-refractivity contribution in [3.05, 3.63) is 23.9 Å². The summed E-state index contributed by atoms with van der Waals surface area (Å²) in [6, 6.07) is 3.52. The summed E-state index contributed by atoms with van der Waals surface area (Å²) in [6.07, 6.45) is 7.23. The van der Waals surface area contributed by atoms with Crippen LogP contribution in [-0.2, 0) is 0 Å². The van der Waals surface area contributed by atoms with E-state index in [0.29, 0.717) is 18.0 Å². The normalized spacial score (nSPS) is 22.1. The van der Waals surface area contributed by atoms with Gasteiger partial charge < -0.3 is 15.3 Å². The van der Waals surface area contributed by atoms with Crippen LogP contribution in [0.4, 0.5) is 5.82 Å². The lowest BCUT2D eigenvalue weighted by molar-refractivity contribution is 0.0957. The summed E-state index contributed by atoms with van der Waals surface area (Å²) in [5, 5.41) is 12.5. The SMILES string of the molecule is C#CCNC(=O)c1ccc(N2CCC(C)C(O)C2)nc1. The second-order valence-electron chi connectivity index (χ2n) is 5.07. The number of carbonyl (C=O) groups excluding carboxylic acids is 1. The zero-order valence-electron chi connectivity index (χ0n) is 11.5. The molecule has 0 bridgehead atoms. The van der Waals surface area contributed by atoms with E-state index < -0.39 is 0 Å². The molecule has 5 nitrogen and oxygen atoms in total. The monoisotopic (exact) mass is 273 g/mol. The molecule has 1 aromatic rings. The number of anilines is 1. The summed E-state index contributed by atoms with van der Waals surface area (Å²) in [6.45, 7) is 3.70. The third-order valence-electron chi connectivity index (χ3n) is 3.60. The van der Waals surface area contributed by atoms with Crippen LogP contribution in [0.2, 0.25) is 0 Å². The quantitative estimate of drug-likeness (QED) is 0.794. The van der Waals surface area contributed by atoms with Crippen molar-refractivity contribution in [3.63, 3.8) is 0 Å². The first-order valence-corrected chi connectivity index (χ1v) is 6.72. The van der Waals surface area contributed by atoms with E-state index in [1.165, 1.54) is 6.20 Å². The van der Waals surface area contributed by atoms with Crippen LogP contribution in [0.1, 0.15) is 23.7 Å². The minimum atomic E-state index is -0.329. The standard InChI is InChI=1S/C15H19N3O2/c1-3-7-16-15(20)12-4-5-14(17-9-12)18-8-6-11(2)13(19)10-18/h1,4-5,9,11,13,19H,6-8,10H2,2H3,(H,16,20). The van der Waals surface area contributed by atoms with Gasteiger partial charge in [-0.3, -0.25) is 4.79 Å². The molecule has 106 valence electrons. The molecule has 2 atom stereocenters. The van der Waals surface area contributed by atoms with E-state index in [1.807, 2.05) is 11.8 Å². The first-order valence-electron chi connectivity index (χ1n) is 6.72. The Morgan fingerprint density at radius 2 is 2.45 bits per heavy atom. The van der Waals surface area contributed by atoms with E-state index in [0.717, 1.165) is 18.8 Å². The fourth-order valence-electron chi connectivity index (χ4n) is 2.20. The Balaban J connectivity index is 2.01. The highest BCUT2D eigenvalue weighted by Crippen LogP contribution is 2.21. The lowest BCUT2D eigenvalue weighted by atomic mass is 9.96. The van der Waals surface area contributed by atoms with Crippen LogP contribution >= 0.6 is 0 Å². The van der Waals surface area contributed by atoms with Crippen LogP contribution in [0.5, 0.6) is 0 Å². The minimum Gasteiger partial charge on any atom is -0.391 e. The number of hydrogen-bond donors (Lipinski definition) is 2. The maximum Gasteiger partial charge on any atom is 0.253 e. The number of pyridine rings is 1. The van der Waals surface area contributed by atoms with Crippen LogP contribution in [0, 0.1) is 18.3 Å². The summed E-state index contributed by atoms with van der Waals surface area (Å²) in [5.41, 5.74) is 0.481. The van der Waals surface area contributed by atoms with Gasteiger partial charge in [0.05, 0.1) is 18.2 Å². The number of terminal acetylenes is 1. The fraction of sp³-hybridized carbons (Fsp3) is 0.467. The zero-order valence-corrected chi connectivity index (χ0v) is 11.5. The van der Waals surface area contributed by atoms with Crippen LogP contribution in [0.3, 0.4) is 0 Å². The maximum absolute atomic E-state index is 11.7. The second-order valence-corrected chi connectivity index (χ2v) is 5.07. The van der Waals surface area contributed by atoms with Crippen molar-refractivity contribution < 1.29 is 9.90 Å². The van der Waals surface area contributed by atoms with Gasteiger partial charge in [-0.15, -0.1) is 6.42 Å². The van der Waals surface area contributed by atoms with E-state index >= 15 is 0 Å². The number of carbonyl (C=O) groups is 1. The molecular weight excluding hydrogens is 254 g/mol. The minimum absolute atomic E-state index is 0.205. The lowest BCUT2D eigenvalue weighted by Crippen LogP contribution is -2.43. The van der Waals surface area contributed by atoms with Gasteiger partial charge in [0.25, 0.3) is 5.91 Å². The van der Waals surface area contributed by atoms with E-state index in [1.54, 1.807) is 12.1 Å². The summed E-state index contributed by atoms with van der Waals surface area (Å²) in [7, 11) is 0. The topological polar surface area (TPSA) is 65.5 Å². The Morgan fingerprint density at radius 3 is 3.05 bits per heavy atom. The maximum atomic E-state index is 11.7. The largest absolute Gasteiger partial charge is 0.391 e. The molecular formula is C15H19N3O2. The molecule has 1 aliphatic rings. The number of aliphatic hydroxyl groups is 1. The molecule has 1 saturated heterocycles. The molecule has 1 amide bonds. The van der Waals surface area contributed by atoms with Crippen molar-refractivity contribution in [2.45, 2.75) is 19.4 Å². The van der Waals surface area contributed by atoms with Gasteiger partial charge in [0.1, 0.15) is 5.82 Å². The van der Waals surface area contributed by atoms with Gasteiger partial charge in [0, 0.05) is 19.3 Å². The zero-order chi connectivity index (χ0) is 14.5. The Bertz CT molecular complexity index is 507. The highest BCUT2D eigenvalue weighted by molar-refractivity contribution is 5.94. The van der Waals surface area contributed by atoms with Crippen LogP contribution in [0.15, 0.2) is 18.3 Å². The number of nitrogens with zero attached hydrogens (tertiary/aromatic N) is 2. The Morgan fingerprint density at radius 1 is 1.65 bits per heavy atom. The third-order valence-corrected chi connectivity index (χ3v) is 3.60. The molecule has 0 aliphatic carbocycles. The molecule has 0 saturated carbocycles. The van der Waals surface area contributed by atoms with Gasteiger partial charge in [-0.05, 0) is 24.5 Å². The van der Waals surface area contributed by atoms with Crippen LogP contribution in [0.25, 0.3) is 0 Å². The molecule has 2 N–H and O–H groups in total. The number of aliphatic hydroxyl groups excluding tert-OH is 1. The predicted octanol–water partition coefficient (Wildman–Crippen LogP) is 0.652. The lowest BCUT2D eigenvalue weighted by Gasteiger charge is -2.35. The molecule has 1 aliphatic heterocycles. The van der Waals surface area contributed by atoms with Crippen molar-refractivity contribution in [1.29, 1.82) is 0 Å². The highest BCUT2D eigenvalue weighted by atomic mass is 16.3. The molecule has 0 aromatic carbocycles. The molecule has 1 fully saturated rings. The summed E-state index contributed by atoms with van der Waals surface area (Å²) >= 11 is 0. The molecule has 1 aromatic heterocycles. The van der Waals surface area contributed by atoms with E-state index in [4.69, 9.17) is 6.42 Å². The van der Waals surface area contributed by atoms with Crippen molar-refractivity contribution >= 4 is 11.7 Å². The molecule has 2 heterocycles. The number of piperidine rings is 1. The summed E-state index contributed by atoms with van der Waals surface area (Å²) in [4.78, 5) is 18.0. The fourth-order valence-corrected chi connectivity index (χ4v) is 2.20. The summed E-state index contributed by atoms with van der Waals surface area (Å²) in [5.74, 6) is 3.23. The number of β-amino-alcohol motifs (C(OH)–C–C–N with tert-alkyl or cyclic N) is 1. The van der Waals surface area contributed by atoms with Gasteiger partial charge in [0.2, 0.25) is 0 Å². The Labute approximate surface area is 119 Å². The first kappa shape index (κ1) is 14.4. The number of amides is 1. The van der Waals surface area contributed by atoms with Gasteiger partial charge in [-0.2, -0.15) is 0 Å². The van der Waals surface area contributed by atoms with E-state index in [9.17, 15) is 9.90 Å². The molecule has 20 heavy (non-hydrogen) atoms. The van der Waals surface area contributed by atoms with Gasteiger partial charge in [-0.1, -0.05) is 12.8 Å². The molecule has 0 spiro atoms. The molecule has 2 rings (SSSR count). The number of rotatable bonds is 3. The predicted molar refractivity (Wildman–Crippen MR) is 77.4 cm³/mol. The Hall–Kier alpha value is -2.06. The van der Waals surface area contributed by atoms with Crippen molar-refractivity contribution in [3.8, 4) is 12.3 Å². The molecule has 0 radical (unpaired) electrons. The second kappa shape index (κ2) is 6.40. The highest BCUT2D eigenvalue weighted by Gasteiger charge is 2.24. The van der Waals surface area contributed by atoms with E-state index in [2.05, 4.69) is 16.2 Å². The van der Waals surface area contributed by atoms with Crippen molar-refractivity contribution in [2.24, 2.45) is 5.92 Å². The molecule has 2 unspecified atom stereocenters. The average molecular weight is 273 g/mol. The average Bonchev–Trinajstić information content (AvgIpc) is 2.48. The van der Waals surface area contributed by atoms with E-state index in [-0.39, 0.29) is 18.6 Å².